The Bertz CT molecular complexity index is 459. The number of benzene rings is 1. The van der Waals surface area contributed by atoms with Crippen LogP contribution in [0.15, 0.2) is 18.2 Å². The van der Waals surface area contributed by atoms with Crippen LogP contribution in [0.4, 0.5) is 17.6 Å². The van der Waals surface area contributed by atoms with Crippen molar-refractivity contribution in [3.05, 3.63) is 35.4 Å². The quantitative estimate of drug-likeness (QED) is 0.754. The molecule has 1 atom stereocenters. The zero-order valence-electron chi connectivity index (χ0n) is 11.0. The van der Waals surface area contributed by atoms with Gasteiger partial charge in [0.25, 0.3) is 5.92 Å². The molecule has 0 aliphatic carbocycles. The van der Waals surface area contributed by atoms with Crippen molar-refractivity contribution in [3.8, 4) is 0 Å². The van der Waals surface area contributed by atoms with Gasteiger partial charge < -0.3 is 0 Å². The molecule has 0 spiro atoms. The number of halogens is 4. The molecule has 1 unspecified atom stereocenters. The van der Waals surface area contributed by atoms with Crippen molar-refractivity contribution in [1.29, 1.82) is 0 Å². The molecule has 2 rings (SSSR count). The number of alkyl halides is 2. The van der Waals surface area contributed by atoms with Gasteiger partial charge >= 0.3 is 0 Å². The molecule has 106 valence electrons. The van der Waals surface area contributed by atoms with Gasteiger partial charge in [0.05, 0.1) is 6.54 Å². The normalized spacial score (nSPS) is 23.2. The minimum absolute atomic E-state index is 0.0258. The molecule has 1 aromatic rings. The van der Waals surface area contributed by atoms with Crippen LogP contribution in [0.2, 0.25) is 0 Å². The molecule has 0 N–H and O–H groups in total. The van der Waals surface area contributed by atoms with Crippen molar-refractivity contribution in [2.45, 2.75) is 32.2 Å². The summed E-state index contributed by atoms with van der Waals surface area (Å²) in [5, 5.41) is 0. The first-order valence-electron chi connectivity index (χ1n) is 6.35. The maximum Gasteiger partial charge on any atom is 0.262 e. The Morgan fingerprint density at radius 2 is 2.00 bits per heavy atom. The topological polar surface area (TPSA) is 3.24 Å². The molecule has 0 radical (unpaired) electrons. The lowest BCUT2D eigenvalue weighted by Crippen LogP contribution is -2.30. The van der Waals surface area contributed by atoms with Crippen LogP contribution in [0.3, 0.4) is 0 Å². The van der Waals surface area contributed by atoms with E-state index in [0.29, 0.717) is 6.54 Å². The van der Waals surface area contributed by atoms with Crippen LogP contribution in [0.1, 0.15) is 31.9 Å². The minimum Gasteiger partial charge on any atom is -0.290 e. The molecule has 1 aliphatic rings. The van der Waals surface area contributed by atoms with Crippen molar-refractivity contribution in [2.75, 3.05) is 13.1 Å². The number of hydrogen-bond donors (Lipinski definition) is 0. The number of nitrogens with zero attached hydrogens (tertiary/aromatic N) is 1. The maximum atomic E-state index is 13.7. The number of hydrogen-bond acceptors (Lipinski definition) is 1. The molecule has 0 bridgehead atoms. The van der Waals surface area contributed by atoms with Crippen LogP contribution >= 0.6 is 0 Å². The van der Waals surface area contributed by atoms with Gasteiger partial charge in [-0.1, -0.05) is 13.8 Å². The van der Waals surface area contributed by atoms with Crippen molar-refractivity contribution >= 4 is 0 Å². The second-order valence-electron chi connectivity index (χ2n) is 5.56. The van der Waals surface area contributed by atoms with Gasteiger partial charge in [0.2, 0.25) is 0 Å². The standard InChI is InChI=1S/C14H17F4N/c1-9(2)7-19-8-14(17,18)6-13(19)11-5-10(15)3-4-12(11)16/h3-5,9,13H,6-8H2,1-2H3. The lowest BCUT2D eigenvalue weighted by Gasteiger charge is -2.25. The summed E-state index contributed by atoms with van der Waals surface area (Å²) in [7, 11) is 0. The van der Waals surface area contributed by atoms with Gasteiger partial charge in [0, 0.05) is 24.6 Å². The van der Waals surface area contributed by atoms with E-state index in [9.17, 15) is 17.6 Å². The van der Waals surface area contributed by atoms with Crippen LogP contribution in [-0.2, 0) is 0 Å². The Balaban J connectivity index is 2.32. The summed E-state index contributed by atoms with van der Waals surface area (Å²) >= 11 is 0. The number of likely N-dealkylation sites (tertiary alicyclic amines) is 1. The second-order valence-corrected chi connectivity index (χ2v) is 5.56. The fourth-order valence-electron chi connectivity index (χ4n) is 2.62. The smallest absolute Gasteiger partial charge is 0.262 e. The van der Waals surface area contributed by atoms with E-state index < -0.39 is 36.6 Å². The molecule has 0 aromatic heterocycles. The van der Waals surface area contributed by atoms with E-state index in [-0.39, 0.29) is 11.5 Å². The molecule has 1 aliphatic heterocycles. The molecular formula is C14H17F4N. The third-order valence-electron chi connectivity index (χ3n) is 3.28. The van der Waals surface area contributed by atoms with E-state index in [1.54, 1.807) is 4.90 Å². The predicted octanol–water partition coefficient (Wildman–Crippen LogP) is 4.00. The van der Waals surface area contributed by atoms with E-state index in [1.165, 1.54) is 0 Å². The van der Waals surface area contributed by atoms with Crippen molar-refractivity contribution in [2.24, 2.45) is 5.92 Å². The maximum absolute atomic E-state index is 13.7. The highest BCUT2D eigenvalue weighted by Gasteiger charge is 2.46. The van der Waals surface area contributed by atoms with Gasteiger partial charge in [0.15, 0.2) is 0 Å². The third kappa shape index (κ3) is 3.26. The SMILES string of the molecule is CC(C)CN1CC(F)(F)CC1c1cc(F)ccc1F. The fraction of sp³-hybridized carbons (Fsp3) is 0.571. The van der Waals surface area contributed by atoms with Gasteiger partial charge in [-0.2, -0.15) is 0 Å². The molecule has 0 amide bonds. The van der Waals surface area contributed by atoms with E-state index in [4.69, 9.17) is 0 Å². The summed E-state index contributed by atoms with van der Waals surface area (Å²) in [4.78, 5) is 1.54. The Kier molecular flexibility index (Phi) is 3.85. The summed E-state index contributed by atoms with van der Waals surface area (Å²) in [6, 6.07) is 2.26. The van der Waals surface area contributed by atoms with Gasteiger partial charge in [-0.15, -0.1) is 0 Å². The monoisotopic (exact) mass is 275 g/mol. The van der Waals surface area contributed by atoms with E-state index in [2.05, 4.69) is 0 Å². The average Bonchev–Trinajstić information content (AvgIpc) is 2.56. The molecule has 1 heterocycles. The summed E-state index contributed by atoms with van der Waals surface area (Å²) in [5.41, 5.74) is 0.0258. The number of rotatable bonds is 3. The van der Waals surface area contributed by atoms with Crippen LogP contribution < -0.4 is 0 Å². The molecule has 0 saturated carbocycles. The van der Waals surface area contributed by atoms with Crippen molar-refractivity contribution < 1.29 is 17.6 Å². The van der Waals surface area contributed by atoms with Gasteiger partial charge in [-0.3, -0.25) is 4.90 Å². The lowest BCUT2D eigenvalue weighted by molar-refractivity contribution is 0.0111. The average molecular weight is 275 g/mol. The van der Waals surface area contributed by atoms with Crippen LogP contribution in [-0.4, -0.2) is 23.9 Å². The molecule has 19 heavy (non-hydrogen) atoms. The Morgan fingerprint density at radius 3 is 2.63 bits per heavy atom. The van der Waals surface area contributed by atoms with Crippen LogP contribution in [0.25, 0.3) is 0 Å². The molecule has 1 fully saturated rings. The highest BCUT2D eigenvalue weighted by molar-refractivity contribution is 5.24. The molecule has 5 heteroatoms. The largest absolute Gasteiger partial charge is 0.290 e. The predicted molar refractivity (Wildman–Crippen MR) is 65.1 cm³/mol. The lowest BCUT2D eigenvalue weighted by atomic mass is 10.0. The van der Waals surface area contributed by atoms with E-state index in [1.807, 2.05) is 13.8 Å². The fourth-order valence-corrected chi connectivity index (χ4v) is 2.62. The third-order valence-corrected chi connectivity index (χ3v) is 3.28. The van der Waals surface area contributed by atoms with Crippen LogP contribution in [0.5, 0.6) is 0 Å². The highest BCUT2D eigenvalue weighted by atomic mass is 19.3. The second kappa shape index (κ2) is 5.12. The van der Waals surface area contributed by atoms with Gasteiger partial charge in [-0.05, 0) is 24.1 Å². The first-order chi connectivity index (χ1) is 8.78. The minimum atomic E-state index is -2.85. The van der Waals surface area contributed by atoms with Crippen LogP contribution in [0, 0.1) is 17.6 Å². The van der Waals surface area contributed by atoms with E-state index >= 15 is 0 Å². The summed E-state index contributed by atoms with van der Waals surface area (Å²) in [5.74, 6) is -3.89. The molecular weight excluding hydrogens is 258 g/mol. The Hall–Kier alpha value is -1.10. The summed E-state index contributed by atoms with van der Waals surface area (Å²) in [6.45, 7) is 3.87. The Morgan fingerprint density at radius 1 is 1.32 bits per heavy atom. The summed E-state index contributed by atoms with van der Waals surface area (Å²) < 4.78 is 54.1. The zero-order chi connectivity index (χ0) is 14.2. The molecule has 1 saturated heterocycles. The first-order valence-corrected chi connectivity index (χ1v) is 6.35. The first kappa shape index (κ1) is 14.3. The zero-order valence-corrected chi connectivity index (χ0v) is 11.0. The molecule has 1 nitrogen and oxygen atoms in total. The van der Waals surface area contributed by atoms with Gasteiger partial charge in [0.1, 0.15) is 11.6 Å². The van der Waals surface area contributed by atoms with Crippen molar-refractivity contribution in [1.82, 2.24) is 4.90 Å². The molecule has 1 aromatic carbocycles. The Labute approximate surface area is 110 Å². The van der Waals surface area contributed by atoms with E-state index in [0.717, 1.165) is 18.2 Å². The highest BCUT2D eigenvalue weighted by Crippen LogP contribution is 2.42. The van der Waals surface area contributed by atoms with Crippen molar-refractivity contribution in [3.63, 3.8) is 0 Å². The summed E-state index contributed by atoms with van der Waals surface area (Å²) in [6.07, 6.45) is -0.458. The van der Waals surface area contributed by atoms with Gasteiger partial charge in [-0.25, -0.2) is 17.6 Å².